The van der Waals surface area contributed by atoms with Gasteiger partial charge in [-0.25, -0.2) is 4.79 Å². The maximum atomic E-state index is 12.0. The van der Waals surface area contributed by atoms with E-state index in [-0.39, 0.29) is 6.61 Å². The van der Waals surface area contributed by atoms with Gasteiger partial charge in [0.25, 0.3) is 0 Å². The number of nitrogens with one attached hydrogen (secondary N) is 1. The van der Waals surface area contributed by atoms with Gasteiger partial charge in [0.2, 0.25) is 0 Å². The molecule has 0 bridgehead atoms. The number of ether oxygens (including phenoxy) is 2. The van der Waals surface area contributed by atoms with Gasteiger partial charge in [-0.3, -0.25) is 0 Å². The highest BCUT2D eigenvalue weighted by Gasteiger charge is 2.37. The van der Waals surface area contributed by atoms with E-state index < -0.39 is 30.5 Å². The van der Waals surface area contributed by atoms with Crippen molar-refractivity contribution < 1.29 is 29.6 Å². The van der Waals surface area contributed by atoms with Crippen LogP contribution in [0.2, 0.25) is 0 Å². The van der Waals surface area contributed by atoms with Gasteiger partial charge in [-0.15, -0.1) is 0 Å². The third kappa shape index (κ3) is 5.39. The van der Waals surface area contributed by atoms with Gasteiger partial charge in [0.05, 0.1) is 12.2 Å². The number of esters is 1. The number of benzene rings is 1. The lowest BCUT2D eigenvalue weighted by atomic mass is 10.0. The average molecular weight is 368 g/mol. The van der Waals surface area contributed by atoms with Crippen LogP contribution in [0.1, 0.15) is 24.2 Å². The Bertz CT molecular complexity index is 563. The Hall–Kier alpha value is -1.71. The zero-order valence-electron chi connectivity index (χ0n) is 15.2. The number of likely N-dealkylation sites (N-methyl/N-ethyl adjacent to an activating group) is 1. The van der Waals surface area contributed by atoms with Crippen LogP contribution in [-0.2, 0) is 9.47 Å². The minimum absolute atomic E-state index is 0.0765. The summed E-state index contributed by atoms with van der Waals surface area (Å²) in [7, 11) is 0. The number of anilines is 1. The summed E-state index contributed by atoms with van der Waals surface area (Å²) in [6, 6.07) is 6.55. The lowest BCUT2D eigenvalue weighted by Crippen LogP contribution is -2.55. The van der Waals surface area contributed by atoms with Crippen molar-refractivity contribution in [3.05, 3.63) is 29.8 Å². The monoisotopic (exact) mass is 368 g/mol. The van der Waals surface area contributed by atoms with Gasteiger partial charge in [0.1, 0.15) is 24.9 Å². The van der Waals surface area contributed by atoms with E-state index in [9.17, 15) is 20.1 Å². The summed E-state index contributed by atoms with van der Waals surface area (Å²) in [4.78, 5) is 14.2. The molecule has 0 radical (unpaired) electrons. The number of hydrogen-bond donors (Lipinski definition) is 4. The van der Waals surface area contributed by atoms with Crippen LogP contribution in [0.15, 0.2) is 24.3 Å². The Balaban J connectivity index is 1.85. The van der Waals surface area contributed by atoms with Crippen LogP contribution in [0.25, 0.3) is 0 Å². The lowest BCUT2D eigenvalue weighted by Gasteiger charge is -2.35. The van der Waals surface area contributed by atoms with Crippen LogP contribution in [0.3, 0.4) is 0 Å². The van der Waals surface area contributed by atoms with E-state index in [0.717, 1.165) is 13.1 Å². The fourth-order valence-corrected chi connectivity index (χ4v) is 2.69. The first-order chi connectivity index (χ1) is 12.5. The topological polar surface area (TPSA) is 111 Å². The Morgan fingerprint density at radius 2 is 1.85 bits per heavy atom. The summed E-state index contributed by atoms with van der Waals surface area (Å²) in [5.74, 6) is -0.392. The molecule has 4 atom stereocenters. The summed E-state index contributed by atoms with van der Waals surface area (Å²) >= 11 is 0. The third-order valence-corrected chi connectivity index (χ3v) is 4.47. The second-order valence-corrected chi connectivity index (χ2v) is 6.19. The van der Waals surface area contributed by atoms with Crippen molar-refractivity contribution in [3.8, 4) is 0 Å². The maximum absolute atomic E-state index is 12.0. The van der Waals surface area contributed by atoms with E-state index in [1.807, 2.05) is 0 Å². The number of nitrogens with zero attached hydrogens (tertiary/aromatic N) is 1. The average Bonchev–Trinajstić information content (AvgIpc) is 2.66. The molecular formula is C18H28N2O6. The van der Waals surface area contributed by atoms with Crippen molar-refractivity contribution in [1.29, 1.82) is 0 Å². The first-order valence-corrected chi connectivity index (χ1v) is 8.88. The number of hydrogen-bond acceptors (Lipinski definition) is 8. The van der Waals surface area contributed by atoms with Crippen LogP contribution in [0.5, 0.6) is 0 Å². The number of carbonyl (C=O) groups is 1. The highest BCUT2D eigenvalue weighted by atomic mass is 16.5. The smallest absolute Gasteiger partial charge is 0.338 e. The molecule has 0 spiro atoms. The molecule has 146 valence electrons. The summed E-state index contributed by atoms with van der Waals surface area (Å²) in [6.07, 6.45) is -4.50. The maximum Gasteiger partial charge on any atom is 0.338 e. The Kier molecular flexibility index (Phi) is 7.80. The molecule has 8 heteroatoms. The van der Waals surface area contributed by atoms with Gasteiger partial charge in [0, 0.05) is 12.2 Å². The molecule has 1 aromatic rings. The fraction of sp³-hybridized carbons (Fsp3) is 0.611. The van der Waals surface area contributed by atoms with Crippen molar-refractivity contribution in [2.75, 3.05) is 38.2 Å². The van der Waals surface area contributed by atoms with Crippen molar-refractivity contribution in [1.82, 2.24) is 4.90 Å². The highest BCUT2D eigenvalue weighted by molar-refractivity contribution is 5.89. The standard InChI is InChI=1S/C18H28N2O6/c1-3-20(4-2)9-10-25-18(24)12-5-7-13(8-6-12)19-17-16(23)15(22)14(21)11-26-17/h5-8,14-17,19,21-23H,3-4,9-11H2,1-2H3/t14-,15-,16-,17?/m1/s1. The second kappa shape index (κ2) is 9.84. The molecule has 1 aliphatic heterocycles. The minimum atomic E-state index is -1.28. The molecule has 8 nitrogen and oxygen atoms in total. The van der Waals surface area contributed by atoms with Crippen LogP contribution < -0.4 is 5.32 Å². The Labute approximate surface area is 153 Å². The zero-order valence-corrected chi connectivity index (χ0v) is 15.2. The van der Waals surface area contributed by atoms with Crippen molar-refractivity contribution in [3.63, 3.8) is 0 Å². The van der Waals surface area contributed by atoms with Gasteiger partial charge in [-0.05, 0) is 37.4 Å². The van der Waals surface area contributed by atoms with Crippen LogP contribution in [-0.4, -0.2) is 83.6 Å². The molecule has 1 aromatic carbocycles. The van der Waals surface area contributed by atoms with E-state index in [2.05, 4.69) is 24.1 Å². The predicted molar refractivity (Wildman–Crippen MR) is 95.9 cm³/mol. The molecule has 1 aliphatic rings. The number of aliphatic hydroxyl groups is 3. The van der Waals surface area contributed by atoms with E-state index in [1.165, 1.54) is 0 Å². The summed E-state index contributed by atoms with van der Waals surface area (Å²) in [5.41, 5.74) is 1.04. The molecule has 0 saturated carbocycles. The molecular weight excluding hydrogens is 340 g/mol. The molecule has 0 aromatic heterocycles. The molecule has 1 unspecified atom stereocenters. The van der Waals surface area contributed by atoms with Gasteiger partial charge in [-0.2, -0.15) is 0 Å². The Morgan fingerprint density at radius 1 is 1.19 bits per heavy atom. The number of aliphatic hydroxyl groups excluding tert-OH is 3. The first kappa shape index (κ1) is 20.6. The van der Waals surface area contributed by atoms with Gasteiger partial charge >= 0.3 is 5.97 Å². The van der Waals surface area contributed by atoms with E-state index in [1.54, 1.807) is 24.3 Å². The van der Waals surface area contributed by atoms with Crippen molar-refractivity contribution in [2.24, 2.45) is 0 Å². The van der Waals surface area contributed by atoms with Gasteiger partial charge < -0.3 is 35.0 Å². The van der Waals surface area contributed by atoms with Gasteiger partial charge in [0.15, 0.2) is 6.23 Å². The molecule has 0 amide bonds. The summed E-state index contributed by atoms with van der Waals surface area (Å²) in [5, 5.41) is 32.0. The molecule has 2 rings (SSSR count). The third-order valence-electron chi connectivity index (χ3n) is 4.47. The largest absolute Gasteiger partial charge is 0.461 e. The van der Waals surface area contributed by atoms with E-state index >= 15 is 0 Å². The normalized spacial score (nSPS) is 25.9. The molecule has 26 heavy (non-hydrogen) atoms. The predicted octanol–water partition coefficient (Wildman–Crippen LogP) is 0.0361. The van der Waals surface area contributed by atoms with Crippen LogP contribution in [0, 0.1) is 0 Å². The van der Waals surface area contributed by atoms with Gasteiger partial charge in [-0.1, -0.05) is 13.8 Å². The number of rotatable bonds is 8. The van der Waals surface area contributed by atoms with Crippen LogP contribution in [0.4, 0.5) is 5.69 Å². The molecule has 0 aliphatic carbocycles. The zero-order chi connectivity index (χ0) is 19.1. The molecule has 1 fully saturated rings. The molecule has 1 heterocycles. The number of carbonyl (C=O) groups excluding carboxylic acids is 1. The second-order valence-electron chi connectivity index (χ2n) is 6.19. The quantitative estimate of drug-likeness (QED) is 0.476. The molecule has 4 N–H and O–H groups in total. The van der Waals surface area contributed by atoms with E-state index in [4.69, 9.17) is 9.47 Å². The van der Waals surface area contributed by atoms with Crippen LogP contribution >= 0.6 is 0 Å². The SMILES string of the molecule is CCN(CC)CCOC(=O)c1ccc(NC2OC[C@@H](O)[C@@H](O)[C@H]2O)cc1. The minimum Gasteiger partial charge on any atom is -0.461 e. The lowest BCUT2D eigenvalue weighted by molar-refractivity contribution is -0.178. The summed E-state index contributed by atoms with van der Waals surface area (Å²) < 4.78 is 10.6. The summed E-state index contributed by atoms with van der Waals surface area (Å²) in [6.45, 7) is 6.90. The van der Waals surface area contributed by atoms with Crippen molar-refractivity contribution in [2.45, 2.75) is 38.4 Å². The first-order valence-electron chi connectivity index (χ1n) is 8.88. The molecule has 1 saturated heterocycles. The highest BCUT2D eigenvalue weighted by Crippen LogP contribution is 2.19. The van der Waals surface area contributed by atoms with Crippen molar-refractivity contribution >= 4 is 11.7 Å². The Morgan fingerprint density at radius 3 is 2.46 bits per heavy atom. The van der Waals surface area contributed by atoms with E-state index in [0.29, 0.717) is 24.4 Å². The fourth-order valence-electron chi connectivity index (χ4n) is 2.69.